The molecule has 1 aromatic heterocycles. The van der Waals surface area contributed by atoms with Crippen molar-refractivity contribution in [1.29, 1.82) is 0 Å². The van der Waals surface area contributed by atoms with Gasteiger partial charge in [-0.2, -0.15) is 0 Å². The zero-order valence-electron chi connectivity index (χ0n) is 17.9. The Kier molecular flexibility index (Phi) is 6.06. The van der Waals surface area contributed by atoms with Crippen LogP contribution in [0.4, 0.5) is 5.82 Å². The van der Waals surface area contributed by atoms with E-state index in [0.29, 0.717) is 12.2 Å². The summed E-state index contributed by atoms with van der Waals surface area (Å²) >= 11 is 0. The second kappa shape index (κ2) is 7.63. The zero-order chi connectivity index (χ0) is 20.7. The third kappa shape index (κ3) is 3.62. The first kappa shape index (κ1) is 21.4. The maximum Gasteiger partial charge on any atom is 0.480 e. The molecule has 0 fully saturated rings. The number of aryl methyl sites for hydroxylation is 1. The molecule has 0 radical (unpaired) electrons. The number of carbonyl (C=O) groups is 1. The van der Waals surface area contributed by atoms with Crippen LogP contribution >= 0.6 is 0 Å². The van der Waals surface area contributed by atoms with E-state index < -0.39 is 13.2 Å². The lowest BCUT2D eigenvalue weighted by Crippen LogP contribution is -2.50. The van der Waals surface area contributed by atoms with Crippen LogP contribution in [-0.2, 0) is 19.5 Å². The van der Waals surface area contributed by atoms with Crippen LogP contribution in [-0.4, -0.2) is 68.8 Å². The highest BCUT2D eigenvalue weighted by atomic mass is 16.6. The van der Waals surface area contributed by atoms with Crippen molar-refractivity contribution in [3.05, 3.63) is 21.7 Å². The summed E-state index contributed by atoms with van der Waals surface area (Å²) in [7, 11) is 7.82. The standard InChI is InChI=1S/C18H31BN4O4/c1-11-14-18(3,4)10-13(23(14)17(25)15(20-11)21(5)6)16(24)22(7)12(2)19(26-8)27-9/h12-13H,10H2,1-9H3. The fourth-order valence-electron chi connectivity index (χ4n) is 4.03. The lowest BCUT2D eigenvalue weighted by atomic mass is 9.78. The zero-order valence-corrected chi connectivity index (χ0v) is 17.9. The Morgan fingerprint density at radius 3 is 2.33 bits per heavy atom. The molecule has 0 saturated heterocycles. The van der Waals surface area contributed by atoms with Gasteiger partial charge in [0.1, 0.15) is 6.04 Å². The molecule has 0 aromatic carbocycles. The topological polar surface area (TPSA) is 76.9 Å². The van der Waals surface area contributed by atoms with Crippen molar-refractivity contribution in [2.45, 2.75) is 51.5 Å². The van der Waals surface area contributed by atoms with Crippen molar-refractivity contribution < 1.29 is 14.1 Å². The van der Waals surface area contributed by atoms with E-state index in [1.165, 1.54) is 0 Å². The van der Waals surface area contributed by atoms with Gasteiger partial charge in [-0.25, -0.2) is 4.98 Å². The van der Waals surface area contributed by atoms with E-state index in [-0.39, 0.29) is 22.8 Å². The molecular formula is C18H31BN4O4. The van der Waals surface area contributed by atoms with Gasteiger partial charge < -0.3 is 19.1 Å². The average Bonchev–Trinajstić information content (AvgIpc) is 2.89. The minimum atomic E-state index is -0.579. The Balaban J connectivity index is 2.54. The monoisotopic (exact) mass is 378 g/mol. The molecule has 0 spiro atoms. The summed E-state index contributed by atoms with van der Waals surface area (Å²) in [4.78, 5) is 34.3. The first-order valence-electron chi connectivity index (χ1n) is 9.11. The third-order valence-electron chi connectivity index (χ3n) is 5.45. The Morgan fingerprint density at radius 1 is 1.30 bits per heavy atom. The number of carbonyl (C=O) groups excluding carboxylic acids is 1. The van der Waals surface area contributed by atoms with Crippen molar-refractivity contribution >= 4 is 18.8 Å². The summed E-state index contributed by atoms with van der Waals surface area (Å²) in [5.41, 5.74) is 1.04. The van der Waals surface area contributed by atoms with E-state index in [0.717, 1.165) is 11.4 Å². The molecule has 2 unspecified atom stereocenters. The lowest BCUT2D eigenvalue weighted by Gasteiger charge is -2.30. The van der Waals surface area contributed by atoms with Crippen LogP contribution in [0, 0.1) is 6.92 Å². The molecule has 9 heteroatoms. The minimum absolute atomic E-state index is 0.133. The number of likely N-dealkylation sites (N-methyl/N-ethyl adjacent to an activating group) is 1. The average molecular weight is 378 g/mol. The van der Waals surface area contributed by atoms with E-state index >= 15 is 0 Å². The number of amides is 1. The molecule has 1 amide bonds. The number of hydrogen-bond donors (Lipinski definition) is 0. The van der Waals surface area contributed by atoms with E-state index in [2.05, 4.69) is 4.98 Å². The van der Waals surface area contributed by atoms with E-state index in [9.17, 15) is 9.59 Å². The van der Waals surface area contributed by atoms with Crippen LogP contribution in [0.2, 0.25) is 0 Å². The number of fused-ring (bicyclic) bond motifs is 1. The van der Waals surface area contributed by atoms with Gasteiger partial charge in [-0.3, -0.25) is 14.2 Å². The van der Waals surface area contributed by atoms with Crippen LogP contribution in [0.5, 0.6) is 0 Å². The summed E-state index contributed by atoms with van der Waals surface area (Å²) < 4.78 is 12.2. The van der Waals surface area contributed by atoms with E-state index in [1.54, 1.807) is 49.7 Å². The maximum atomic E-state index is 13.3. The molecule has 27 heavy (non-hydrogen) atoms. The van der Waals surface area contributed by atoms with Gasteiger partial charge in [0.05, 0.1) is 11.6 Å². The van der Waals surface area contributed by atoms with Crippen LogP contribution < -0.4 is 10.5 Å². The predicted octanol–water partition coefficient (Wildman–Crippen LogP) is 1.01. The van der Waals surface area contributed by atoms with E-state index in [1.807, 2.05) is 27.7 Å². The van der Waals surface area contributed by atoms with Gasteiger partial charge in [0.15, 0.2) is 5.82 Å². The smallest absolute Gasteiger partial charge is 0.413 e. The van der Waals surface area contributed by atoms with Crippen LogP contribution in [0.1, 0.15) is 44.6 Å². The Bertz CT molecular complexity index is 773. The normalized spacial score (nSPS) is 18.8. The van der Waals surface area contributed by atoms with Crippen LogP contribution in [0.15, 0.2) is 4.79 Å². The molecular weight excluding hydrogens is 347 g/mol. The van der Waals surface area contributed by atoms with Crippen molar-refractivity contribution in [1.82, 2.24) is 14.5 Å². The fraction of sp³-hybridized carbons (Fsp3) is 0.722. The quantitative estimate of drug-likeness (QED) is 0.688. The second-order valence-corrected chi connectivity index (χ2v) is 8.07. The third-order valence-corrected chi connectivity index (χ3v) is 5.45. The molecule has 0 saturated carbocycles. The molecule has 8 nitrogen and oxygen atoms in total. The number of anilines is 1. The minimum Gasteiger partial charge on any atom is -0.413 e. The number of aromatic nitrogens is 2. The van der Waals surface area contributed by atoms with Crippen LogP contribution in [0.25, 0.3) is 0 Å². The highest BCUT2D eigenvalue weighted by molar-refractivity contribution is 6.46. The second-order valence-electron chi connectivity index (χ2n) is 8.07. The molecule has 150 valence electrons. The summed E-state index contributed by atoms with van der Waals surface area (Å²) in [6.45, 7) is 7.85. The predicted molar refractivity (Wildman–Crippen MR) is 106 cm³/mol. The molecule has 0 aliphatic carbocycles. The first-order chi connectivity index (χ1) is 12.5. The molecule has 2 rings (SSSR count). The van der Waals surface area contributed by atoms with Crippen LogP contribution in [0.3, 0.4) is 0 Å². The van der Waals surface area contributed by atoms with Gasteiger partial charge in [-0.1, -0.05) is 13.8 Å². The van der Waals surface area contributed by atoms with Gasteiger partial charge >= 0.3 is 7.12 Å². The highest BCUT2D eigenvalue weighted by Crippen LogP contribution is 2.42. The van der Waals surface area contributed by atoms with Gasteiger partial charge in [0.2, 0.25) is 5.91 Å². The summed E-state index contributed by atoms with van der Waals surface area (Å²) in [5.74, 6) is -0.0911. The molecule has 1 aromatic rings. The summed E-state index contributed by atoms with van der Waals surface area (Å²) in [6, 6.07) is -0.579. The van der Waals surface area contributed by atoms with Crippen molar-refractivity contribution in [2.24, 2.45) is 0 Å². The van der Waals surface area contributed by atoms with Crippen molar-refractivity contribution in [3.8, 4) is 0 Å². The Hall–Kier alpha value is -1.87. The molecule has 1 aliphatic heterocycles. The summed E-state index contributed by atoms with van der Waals surface area (Å²) in [5, 5.41) is 0. The number of rotatable bonds is 6. The van der Waals surface area contributed by atoms with Gasteiger partial charge in [-0.15, -0.1) is 0 Å². The van der Waals surface area contributed by atoms with Gasteiger partial charge in [0.25, 0.3) is 5.56 Å². The summed E-state index contributed by atoms with van der Waals surface area (Å²) in [6.07, 6.45) is 0.544. The van der Waals surface area contributed by atoms with Crippen molar-refractivity contribution in [2.75, 3.05) is 40.3 Å². The Labute approximate surface area is 161 Å². The highest BCUT2D eigenvalue weighted by Gasteiger charge is 2.45. The number of hydrogen-bond acceptors (Lipinski definition) is 6. The van der Waals surface area contributed by atoms with Gasteiger partial charge in [-0.05, 0) is 20.3 Å². The molecule has 2 heterocycles. The SMILES string of the molecule is COB(OC)C(C)N(C)C(=O)C1CC(C)(C)c2c(C)nc(N(C)C)c(=O)n21. The molecule has 1 aliphatic rings. The molecule has 0 bridgehead atoms. The lowest BCUT2D eigenvalue weighted by molar-refractivity contribution is -0.134. The number of nitrogens with zero attached hydrogens (tertiary/aromatic N) is 4. The van der Waals surface area contributed by atoms with E-state index in [4.69, 9.17) is 9.31 Å². The van der Waals surface area contributed by atoms with Crippen molar-refractivity contribution in [3.63, 3.8) is 0 Å². The largest absolute Gasteiger partial charge is 0.480 e. The molecule has 2 atom stereocenters. The Morgan fingerprint density at radius 2 is 1.85 bits per heavy atom. The molecule has 0 N–H and O–H groups in total. The van der Waals surface area contributed by atoms with Gasteiger partial charge in [0, 0.05) is 46.5 Å². The fourth-order valence-corrected chi connectivity index (χ4v) is 4.03. The first-order valence-corrected chi connectivity index (χ1v) is 9.11. The maximum absolute atomic E-state index is 13.3.